The third-order valence-electron chi connectivity index (χ3n) is 5.24. The summed E-state index contributed by atoms with van der Waals surface area (Å²) >= 11 is 12.0. The van der Waals surface area contributed by atoms with E-state index >= 15 is 0 Å². The van der Waals surface area contributed by atoms with Crippen LogP contribution in [0.2, 0.25) is 10.0 Å². The van der Waals surface area contributed by atoms with Crippen LogP contribution in [0.4, 0.5) is 8.78 Å². The first kappa shape index (κ1) is 19.3. The molecule has 2 bridgehead atoms. The van der Waals surface area contributed by atoms with Crippen molar-refractivity contribution in [3.8, 4) is 11.5 Å². The number of ether oxygens (including phenoxy) is 1. The van der Waals surface area contributed by atoms with Crippen molar-refractivity contribution in [1.82, 2.24) is 24.6 Å². The Kier molecular flexibility index (Phi) is 4.68. The van der Waals surface area contributed by atoms with Crippen molar-refractivity contribution in [3.63, 3.8) is 0 Å². The molecule has 5 rings (SSSR count). The summed E-state index contributed by atoms with van der Waals surface area (Å²) < 4.78 is 34.4. The van der Waals surface area contributed by atoms with E-state index in [4.69, 9.17) is 27.9 Å². The molecule has 4 heterocycles. The second-order valence-corrected chi connectivity index (χ2v) is 7.75. The number of aromatic nitrogens is 4. The third-order valence-corrected chi connectivity index (χ3v) is 6.10. The van der Waals surface area contributed by atoms with E-state index in [0.29, 0.717) is 30.5 Å². The van der Waals surface area contributed by atoms with Gasteiger partial charge in [0, 0.05) is 6.54 Å². The Hall–Kier alpha value is -2.62. The highest BCUT2D eigenvalue weighted by Gasteiger charge is 2.44. The van der Waals surface area contributed by atoms with Gasteiger partial charge < -0.3 is 14.2 Å². The van der Waals surface area contributed by atoms with Gasteiger partial charge in [-0.05, 0) is 24.3 Å². The number of benzene rings is 1. The minimum atomic E-state index is -0.698. The Morgan fingerprint density at radius 3 is 2.70 bits per heavy atom. The average molecular weight is 452 g/mol. The molecule has 11 heteroatoms. The summed E-state index contributed by atoms with van der Waals surface area (Å²) in [6.07, 6.45) is 1.11. The number of amides is 1. The Labute approximate surface area is 179 Å². The van der Waals surface area contributed by atoms with Gasteiger partial charge in [-0.25, -0.2) is 13.8 Å². The standard InChI is InChI=1S/C19H13Cl2F2N5O2/c20-15-11(2-3-12(23)16(15)21)19(29)28-10-6-27-17(13-4-1-9(22)5-24-13)25-26-18(27)14(28)8-30-7-10/h1-5,10,14H,6-8H2/t10-,14-/m1/s1. The molecular weight excluding hydrogens is 439 g/mol. The number of rotatable bonds is 2. The zero-order valence-corrected chi connectivity index (χ0v) is 16.7. The van der Waals surface area contributed by atoms with Crippen molar-refractivity contribution in [2.45, 2.75) is 18.6 Å². The van der Waals surface area contributed by atoms with Gasteiger partial charge in [0.2, 0.25) is 0 Å². The number of fused-ring (bicyclic) bond motifs is 4. The van der Waals surface area contributed by atoms with Crippen molar-refractivity contribution in [1.29, 1.82) is 0 Å². The fraction of sp³-hybridized carbons (Fsp3) is 0.263. The average Bonchev–Trinajstić information content (AvgIpc) is 3.15. The van der Waals surface area contributed by atoms with Gasteiger partial charge in [0.05, 0.1) is 41.1 Å². The van der Waals surface area contributed by atoms with Gasteiger partial charge in [0.15, 0.2) is 11.6 Å². The normalized spacial score (nSPS) is 20.2. The maximum atomic E-state index is 13.7. The Morgan fingerprint density at radius 1 is 1.10 bits per heavy atom. The molecule has 0 aliphatic carbocycles. The first-order chi connectivity index (χ1) is 14.5. The molecule has 0 saturated carbocycles. The molecule has 0 unspecified atom stereocenters. The zero-order chi connectivity index (χ0) is 21.0. The first-order valence-electron chi connectivity index (χ1n) is 9.04. The van der Waals surface area contributed by atoms with Crippen molar-refractivity contribution in [3.05, 3.63) is 63.5 Å². The predicted octanol–water partition coefficient (Wildman–Crippen LogP) is 3.52. The van der Waals surface area contributed by atoms with Gasteiger partial charge in [-0.1, -0.05) is 23.2 Å². The van der Waals surface area contributed by atoms with Gasteiger partial charge in [0.25, 0.3) is 5.91 Å². The van der Waals surface area contributed by atoms with Gasteiger partial charge in [-0.2, -0.15) is 0 Å². The number of morpholine rings is 1. The van der Waals surface area contributed by atoms with Crippen LogP contribution >= 0.6 is 23.2 Å². The number of carbonyl (C=O) groups excluding carboxylic acids is 1. The summed E-state index contributed by atoms with van der Waals surface area (Å²) in [4.78, 5) is 19.0. The van der Waals surface area contributed by atoms with Crippen LogP contribution in [0.3, 0.4) is 0 Å². The summed E-state index contributed by atoms with van der Waals surface area (Å²) in [6, 6.07) is 4.39. The minimum Gasteiger partial charge on any atom is -0.377 e. The molecule has 3 aromatic rings. The molecular formula is C19H13Cl2F2N5O2. The van der Waals surface area contributed by atoms with Crippen LogP contribution in [-0.2, 0) is 11.3 Å². The van der Waals surface area contributed by atoms with Crippen LogP contribution in [0.15, 0.2) is 30.5 Å². The molecule has 2 aliphatic heterocycles. The van der Waals surface area contributed by atoms with Crippen molar-refractivity contribution < 1.29 is 18.3 Å². The molecule has 1 fully saturated rings. The van der Waals surface area contributed by atoms with E-state index < -0.39 is 23.6 Å². The Balaban J connectivity index is 1.55. The lowest BCUT2D eigenvalue weighted by Gasteiger charge is -2.45. The van der Waals surface area contributed by atoms with Gasteiger partial charge in [-0.3, -0.25) is 4.79 Å². The van der Waals surface area contributed by atoms with Crippen LogP contribution in [0, 0.1) is 11.6 Å². The summed E-state index contributed by atoms with van der Waals surface area (Å²) in [6.45, 7) is 0.859. The Bertz CT molecular complexity index is 1150. The molecule has 1 aromatic carbocycles. The van der Waals surface area contributed by atoms with Crippen LogP contribution < -0.4 is 0 Å². The first-order valence-corrected chi connectivity index (χ1v) is 9.80. The number of pyridine rings is 1. The van der Waals surface area contributed by atoms with Gasteiger partial charge in [-0.15, -0.1) is 10.2 Å². The summed E-state index contributed by atoms with van der Waals surface area (Å²) in [7, 11) is 0. The quantitative estimate of drug-likeness (QED) is 0.557. The van der Waals surface area contributed by atoms with Crippen LogP contribution in [0.5, 0.6) is 0 Å². The maximum absolute atomic E-state index is 13.7. The monoisotopic (exact) mass is 451 g/mol. The summed E-state index contributed by atoms with van der Waals surface area (Å²) in [5.74, 6) is -0.539. The number of hydrogen-bond acceptors (Lipinski definition) is 5. The topological polar surface area (TPSA) is 73.1 Å². The molecule has 7 nitrogen and oxygen atoms in total. The van der Waals surface area contributed by atoms with E-state index in [-0.39, 0.29) is 28.3 Å². The fourth-order valence-electron chi connectivity index (χ4n) is 3.86. The van der Waals surface area contributed by atoms with E-state index in [2.05, 4.69) is 15.2 Å². The van der Waals surface area contributed by atoms with Crippen molar-refractivity contribution in [2.24, 2.45) is 0 Å². The van der Waals surface area contributed by atoms with Crippen LogP contribution in [0.25, 0.3) is 11.5 Å². The summed E-state index contributed by atoms with van der Waals surface area (Å²) in [5, 5.41) is 8.02. The lowest BCUT2D eigenvalue weighted by Crippen LogP contribution is -2.56. The highest BCUT2D eigenvalue weighted by Crippen LogP contribution is 2.37. The second kappa shape index (κ2) is 7.26. The van der Waals surface area contributed by atoms with E-state index in [0.717, 1.165) is 12.3 Å². The van der Waals surface area contributed by atoms with Crippen LogP contribution in [0.1, 0.15) is 22.2 Å². The molecule has 1 saturated heterocycles. The lowest BCUT2D eigenvalue weighted by molar-refractivity contribution is -0.0569. The highest BCUT2D eigenvalue weighted by molar-refractivity contribution is 6.44. The van der Waals surface area contributed by atoms with E-state index in [1.54, 1.807) is 4.90 Å². The highest BCUT2D eigenvalue weighted by atomic mass is 35.5. The molecule has 0 spiro atoms. The number of carbonyl (C=O) groups is 1. The zero-order valence-electron chi connectivity index (χ0n) is 15.2. The smallest absolute Gasteiger partial charge is 0.256 e. The maximum Gasteiger partial charge on any atom is 0.256 e. The molecule has 0 radical (unpaired) electrons. The van der Waals surface area contributed by atoms with E-state index in [9.17, 15) is 13.6 Å². The van der Waals surface area contributed by atoms with Crippen molar-refractivity contribution >= 4 is 29.1 Å². The van der Waals surface area contributed by atoms with Crippen LogP contribution in [-0.4, -0.2) is 49.8 Å². The molecule has 2 atom stereocenters. The molecule has 154 valence electrons. The number of nitrogens with zero attached hydrogens (tertiary/aromatic N) is 5. The van der Waals surface area contributed by atoms with E-state index in [1.165, 1.54) is 18.2 Å². The molecule has 1 amide bonds. The Morgan fingerprint density at radius 2 is 1.93 bits per heavy atom. The number of hydrogen-bond donors (Lipinski definition) is 0. The van der Waals surface area contributed by atoms with E-state index in [1.807, 2.05) is 4.57 Å². The summed E-state index contributed by atoms with van der Waals surface area (Å²) in [5.41, 5.74) is 0.579. The SMILES string of the molecule is O=C(c1ccc(F)c(Cl)c1Cl)N1[C@H]2COC[C@@H]1c1nnc(-c3ccc(F)cn3)n1C2. The lowest BCUT2D eigenvalue weighted by atomic mass is 10.0. The second-order valence-electron chi connectivity index (χ2n) is 7.00. The minimum absolute atomic E-state index is 0.105. The predicted molar refractivity (Wildman–Crippen MR) is 103 cm³/mol. The molecule has 2 aromatic heterocycles. The van der Waals surface area contributed by atoms with Gasteiger partial charge >= 0.3 is 0 Å². The fourth-order valence-corrected chi connectivity index (χ4v) is 4.26. The number of halogens is 4. The molecule has 0 N–H and O–H groups in total. The van der Waals surface area contributed by atoms with Crippen molar-refractivity contribution in [2.75, 3.05) is 13.2 Å². The molecule has 2 aliphatic rings. The van der Waals surface area contributed by atoms with Gasteiger partial charge in [0.1, 0.15) is 23.4 Å². The largest absolute Gasteiger partial charge is 0.377 e. The third kappa shape index (κ3) is 2.96. The molecule has 30 heavy (non-hydrogen) atoms.